The van der Waals surface area contributed by atoms with Crippen molar-refractivity contribution >= 4 is 29.8 Å². The number of carbonyl (C=O) groups excluding carboxylic acids is 3. The molecule has 3 aromatic rings. The van der Waals surface area contributed by atoms with E-state index in [1.165, 1.54) is 16.4 Å². The molecule has 0 aliphatic carbocycles. The van der Waals surface area contributed by atoms with Gasteiger partial charge in [-0.05, 0) is 41.2 Å². The van der Waals surface area contributed by atoms with Gasteiger partial charge >= 0.3 is 18.0 Å². The maximum Gasteiger partial charge on any atom is 0.336 e. The average Bonchev–Trinajstić information content (AvgIpc) is 3.51. The quantitative estimate of drug-likeness (QED) is 0.0752. The summed E-state index contributed by atoms with van der Waals surface area (Å²) in [6, 6.07) is 20.3. The molecule has 4 rings (SSSR count). The molecular formula is C35H40N4O8. The topological polar surface area (TPSA) is 177 Å². The summed E-state index contributed by atoms with van der Waals surface area (Å²) in [5, 5.41) is 31.6. The predicted octanol–water partition coefficient (Wildman–Crippen LogP) is 4.17. The molecule has 1 heterocycles. The molecule has 0 bridgehead atoms. The molecule has 0 saturated carbocycles. The minimum atomic E-state index is -1.27. The number of urea groups is 1. The van der Waals surface area contributed by atoms with E-state index in [0.717, 1.165) is 18.4 Å². The van der Waals surface area contributed by atoms with Crippen LogP contribution in [0.1, 0.15) is 54.1 Å². The first-order chi connectivity index (χ1) is 22.6. The first-order valence-corrected chi connectivity index (χ1v) is 15.6. The Bertz CT molecular complexity index is 1560. The number of unbranched alkanes of at least 4 members (excludes halogenated alkanes) is 2. The lowest BCUT2D eigenvalue weighted by molar-refractivity contribution is -0.142. The Morgan fingerprint density at radius 2 is 1.55 bits per heavy atom. The third kappa shape index (κ3) is 8.95. The van der Waals surface area contributed by atoms with E-state index in [9.17, 15) is 39.4 Å². The van der Waals surface area contributed by atoms with Crippen LogP contribution in [0.25, 0.3) is 11.1 Å². The zero-order valence-electron chi connectivity index (χ0n) is 26.2. The highest BCUT2D eigenvalue weighted by Gasteiger charge is 2.42. The van der Waals surface area contributed by atoms with E-state index in [-0.39, 0.29) is 31.5 Å². The van der Waals surface area contributed by atoms with Crippen molar-refractivity contribution in [2.45, 2.75) is 57.7 Å². The molecule has 5 N–H and O–H groups in total. The number of nitrogens with one attached hydrogen (secondary N) is 2. The van der Waals surface area contributed by atoms with E-state index in [1.54, 1.807) is 65.6 Å². The van der Waals surface area contributed by atoms with Crippen LogP contribution in [0.2, 0.25) is 0 Å². The number of aliphatic carboxylic acids is 1. The van der Waals surface area contributed by atoms with Crippen LogP contribution in [-0.2, 0) is 27.3 Å². The Morgan fingerprint density at radius 1 is 0.872 bits per heavy atom. The number of aromatic carboxylic acids is 1. The van der Waals surface area contributed by atoms with Crippen molar-refractivity contribution < 1.29 is 39.4 Å². The molecule has 1 saturated heterocycles. The molecule has 4 amide bonds. The monoisotopic (exact) mass is 644 g/mol. The van der Waals surface area contributed by atoms with Gasteiger partial charge in [0.2, 0.25) is 5.91 Å². The van der Waals surface area contributed by atoms with E-state index < -0.39 is 47.8 Å². The van der Waals surface area contributed by atoms with Crippen molar-refractivity contribution in [1.29, 1.82) is 0 Å². The highest BCUT2D eigenvalue weighted by atomic mass is 16.5. The summed E-state index contributed by atoms with van der Waals surface area (Å²) in [5.74, 6) is -5.10. The first-order valence-electron chi connectivity index (χ1n) is 15.6. The highest BCUT2D eigenvalue weighted by molar-refractivity contribution is 6.00. The first kappa shape index (κ1) is 34.6. The summed E-state index contributed by atoms with van der Waals surface area (Å²) < 4.78 is 0. The molecule has 3 unspecified atom stereocenters. The van der Waals surface area contributed by atoms with Crippen molar-refractivity contribution in [2.24, 2.45) is 5.92 Å². The van der Waals surface area contributed by atoms with Crippen molar-refractivity contribution in [3.8, 4) is 11.1 Å². The highest BCUT2D eigenvalue weighted by Crippen LogP contribution is 2.26. The van der Waals surface area contributed by atoms with E-state index in [1.807, 2.05) is 19.1 Å². The average molecular weight is 645 g/mol. The molecule has 248 valence electrons. The van der Waals surface area contributed by atoms with E-state index >= 15 is 0 Å². The van der Waals surface area contributed by atoms with Gasteiger partial charge in [0.05, 0.1) is 5.56 Å². The fourth-order valence-corrected chi connectivity index (χ4v) is 5.83. The maximum absolute atomic E-state index is 13.9. The molecule has 0 aromatic heterocycles. The second-order valence-corrected chi connectivity index (χ2v) is 11.6. The molecule has 0 spiro atoms. The van der Waals surface area contributed by atoms with Gasteiger partial charge in [0.1, 0.15) is 12.0 Å². The second kappa shape index (κ2) is 16.4. The molecule has 1 fully saturated rings. The SMILES string of the molecule is CCCCCN(Cc1ccc(-c2ccccc2C(=O)O)cc1)C(=O)N1CC(NC(=O)C(Cc2ccccc2)C(=O)NO)CC1C(=O)O. The Balaban J connectivity index is 1.50. The van der Waals surface area contributed by atoms with Gasteiger partial charge in [-0.15, -0.1) is 0 Å². The van der Waals surface area contributed by atoms with Gasteiger partial charge in [-0.1, -0.05) is 92.6 Å². The second-order valence-electron chi connectivity index (χ2n) is 11.6. The van der Waals surface area contributed by atoms with Crippen molar-refractivity contribution in [2.75, 3.05) is 13.1 Å². The molecule has 3 aromatic carbocycles. The molecule has 1 aliphatic heterocycles. The number of hydroxylamine groups is 1. The van der Waals surface area contributed by atoms with Crippen LogP contribution < -0.4 is 10.8 Å². The van der Waals surface area contributed by atoms with Crippen molar-refractivity contribution in [3.63, 3.8) is 0 Å². The molecule has 0 radical (unpaired) electrons. The van der Waals surface area contributed by atoms with Crippen LogP contribution in [0.5, 0.6) is 0 Å². The zero-order valence-corrected chi connectivity index (χ0v) is 26.2. The maximum atomic E-state index is 13.9. The lowest BCUT2D eigenvalue weighted by atomic mass is 9.97. The predicted molar refractivity (Wildman–Crippen MR) is 172 cm³/mol. The molecular weight excluding hydrogens is 604 g/mol. The number of amides is 4. The standard InChI is InChI=1S/C35H40N4O8/c1-2-3-9-18-38(21-24-14-16-25(17-15-24)27-12-7-8-13-28(27)33(42)43)35(46)39-22-26(20-30(39)34(44)45)36-31(40)29(32(41)37-47)19-23-10-5-4-6-11-23/h4-8,10-17,26,29-30,47H,2-3,9,18-22H2,1H3,(H,36,40)(H,37,41)(H,42,43)(H,44,45). The molecule has 1 aliphatic rings. The van der Waals surface area contributed by atoms with Crippen LogP contribution in [0.15, 0.2) is 78.9 Å². The summed E-state index contributed by atoms with van der Waals surface area (Å²) >= 11 is 0. The third-order valence-corrected chi connectivity index (χ3v) is 8.30. The number of benzene rings is 3. The lowest BCUT2D eigenvalue weighted by Gasteiger charge is -2.30. The normalized spacial score (nSPS) is 16.3. The smallest absolute Gasteiger partial charge is 0.336 e. The van der Waals surface area contributed by atoms with E-state index in [0.29, 0.717) is 29.7 Å². The van der Waals surface area contributed by atoms with E-state index in [4.69, 9.17) is 0 Å². The van der Waals surface area contributed by atoms with E-state index in [2.05, 4.69) is 5.32 Å². The van der Waals surface area contributed by atoms with Crippen LogP contribution in [0.4, 0.5) is 4.79 Å². The van der Waals surface area contributed by atoms with Crippen LogP contribution in [-0.4, -0.2) is 80.2 Å². The van der Waals surface area contributed by atoms with Gasteiger partial charge in [0.15, 0.2) is 0 Å². The van der Waals surface area contributed by atoms with Gasteiger partial charge < -0.3 is 25.3 Å². The van der Waals surface area contributed by atoms with Gasteiger partial charge in [0, 0.05) is 32.1 Å². The number of hydrogen-bond acceptors (Lipinski definition) is 6. The number of carbonyl (C=O) groups is 5. The molecule has 3 atom stereocenters. The summed E-state index contributed by atoms with van der Waals surface area (Å²) in [7, 11) is 0. The minimum Gasteiger partial charge on any atom is -0.480 e. The Morgan fingerprint density at radius 3 is 2.19 bits per heavy atom. The molecule has 12 heteroatoms. The van der Waals surface area contributed by atoms with Gasteiger partial charge in [-0.3, -0.25) is 14.8 Å². The van der Waals surface area contributed by atoms with Gasteiger partial charge in [0.25, 0.3) is 5.91 Å². The number of hydrogen-bond donors (Lipinski definition) is 5. The largest absolute Gasteiger partial charge is 0.480 e. The van der Waals surface area contributed by atoms with Crippen LogP contribution in [0.3, 0.4) is 0 Å². The number of carboxylic acid groups (broad SMARTS) is 2. The number of nitrogens with zero attached hydrogens (tertiary/aromatic N) is 2. The number of likely N-dealkylation sites (tertiary alicyclic amines) is 1. The van der Waals surface area contributed by atoms with Gasteiger partial charge in [-0.2, -0.15) is 0 Å². The number of carboxylic acids is 2. The van der Waals surface area contributed by atoms with Crippen molar-refractivity contribution in [3.05, 3.63) is 95.6 Å². The fraction of sp³-hybridized carbons (Fsp3) is 0.343. The Kier molecular flexibility index (Phi) is 12.1. The molecule has 12 nitrogen and oxygen atoms in total. The third-order valence-electron chi connectivity index (χ3n) is 8.30. The Labute approximate surface area is 273 Å². The summed E-state index contributed by atoms with van der Waals surface area (Å²) in [6.45, 7) is 2.54. The van der Waals surface area contributed by atoms with Crippen molar-refractivity contribution in [1.82, 2.24) is 20.6 Å². The summed E-state index contributed by atoms with van der Waals surface area (Å²) in [6.07, 6.45) is 2.45. The molecule has 47 heavy (non-hydrogen) atoms. The summed E-state index contributed by atoms with van der Waals surface area (Å²) in [4.78, 5) is 66.4. The van der Waals surface area contributed by atoms with Gasteiger partial charge in [-0.25, -0.2) is 19.9 Å². The lowest BCUT2D eigenvalue weighted by Crippen LogP contribution is -2.49. The number of rotatable bonds is 14. The summed E-state index contributed by atoms with van der Waals surface area (Å²) in [5.41, 5.74) is 4.47. The minimum absolute atomic E-state index is 0.0165. The van der Waals surface area contributed by atoms with Crippen LogP contribution >= 0.6 is 0 Å². The zero-order chi connectivity index (χ0) is 33.9. The fourth-order valence-electron chi connectivity index (χ4n) is 5.83. The Hall–Kier alpha value is -5.23. The van der Waals surface area contributed by atoms with Crippen LogP contribution in [0, 0.1) is 5.92 Å².